The normalized spacial score (nSPS) is 12.9. The van der Waals surface area contributed by atoms with Crippen molar-refractivity contribution in [3.63, 3.8) is 0 Å². The zero-order valence-electron chi connectivity index (χ0n) is 17.5. The lowest BCUT2D eigenvalue weighted by molar-refractivity contribution is -0.137. The van der Waals surface area contributed by atoms with E-state index in [0.29, 0.717) is 0 Å². The molecule has 0 radical (unpaired) electrons. The van der Waals surface area contributed by atoms with Crippen molar-refractivity contribution in [3.8, 4) is 0 Å². The van der Waals surface area contributed by atoms with E-state index in [4.69, 9.17) is 27.2 Å². The van der Waals surface area contributed by atoms with Gasteiger partial charge < -0.3 is 27.2 Å². The number of furan rings is 1. The Labute approximate surface area is 171 Å². The Hall–Kier alpha value is -1.21. The fourth-order valence-electron chi connectivity index (χ4n) is 2.44. The summed E-state index contributed by atoms with van der Waals surface area (Å²) in [6.07, 6.45) is 2.23. The molecule has 0 spiro atoms. The van der Waals surface area contributed by atoms with Gasteiger partial charge in [-0.3, -0.25) is 9.13 Å². The van der Waals surface area contributed by atoms with Crippen LogP contribution in [0.15, 0.2) is 22.8 Å². The molecule has 0 aromatic carbocycles. The molecule has 29 heavy (non-hydrogen) atoms. The van der Waals surface area contributed by atoms with Crippen molar-refractivity contribution < 1.29 is 41.2 Å². The second-order valence-electron chi connectivity index (χ2n) is 5.52. The number of carbonyl (C=O) groups excluding carboxylic acids is 1. The molecular weight excluding hydrogens is 422 g/mol. The van der Waals surface area contributed by atoms with Crippen molar-refractivity contribution in [2.45, 2.75) is 40.8 Å². The number of hydrogen-bond donors (Lipinski definition) is 0. The third kappa shape index (κ3) is 7.85. The van der Waals surface area contributed by atoms with Gasteiger partial charge in [-0.2, -0.15) is 0 Å². The van der Waals surface area contributed by atoms with Gasteiger partial charge in [0.2, 0.25) is 0 Å². The second kappa shape index (κ2) is 12.5. The molecular formula is C18H30O9P2. The first-order chi connectivity index (χ1) is 13.8. The fourth-order valence-corrected chi connectivity index (χ4v) is 5.76. The number of rotatable bonds is 14. The minimum Gasteiger partial charge on any atom is -0.468 e. The average molecular weight is 452 g/mol. The largest absolute Gasteiger partial charge is 0.468 e. The molecule has 0 bridgehead atoms. The van der Waals surface area contributed by atoms with Gasteiger partial charge in [0.25, 0.3) is 0 Å². The van der Waals surface area contributed by atoms with Crippen molar-refractivity contribution in [3.05, 3.63) is 29.7 Å². The van der Waals surface area contributed by atoms with Crippen molar-refractivity contribution in [1.29, 1.82) is 0 Å². The van der Waals surface area contributed by atoms with Crippen LogP contribution in [0.1, 0.15) is 45.9 Å². The van der Waals surface area contributed by atoms with E-state index < -0.39 is 21.2 Å². The lowest BCUT2D eigenvalue weighted by Gasteiger charge is -2.19. The molecule has 0 aliphatic rings. The number of hydrogen-bond acceptors (Lipinski definition) is 9. The highest BCUT2D eigenvalue weighted by atomic mass is 31.2. The molecule has 1 aromatic heterocycles. The van der Waals surface area contributed by atoms with E-state index in [0.717, 1.165) is 6.08 Å². The summed E-state index contributed by atoms with van der Waals surface area (Å²) >= 11 is 0. The summed E-state index contributed by atoms with van der Waals surface area (Å²) in [6.45, 7) is 9.18. The Balaban J connectivity index is 3.32. The maximum absolute atomic E-state index is 13.3. The van der Waals surface area contributed by atoms with E-state index in [1.54, 1.807) is 34.6 Å². The minimum atomic E-state index is -3.82. The molecule has 166 valence electrons. The van der Waals surface area contributed by atoms with Gasteiger partial charge >= 0.3 is 21.2 Å². The Bertz CT molecular complexity index is 749. The van der Waals surface area contributed by atoms with Crippen LogP contribution in [0.25, 0.3) is 5.31 Å². The predicted octanol–water partition coefficient (Wildman–Crippen LogP) is 5.22. The fraction of sp³-hybridized carbons (Fsp3) is 0.611. The van der Waals surface area contributed by atoms with Gasteiger partial charge in [-0.05, 0) is 40.7 Å². The maximum Gasteiger partial charge on any atom is 0.362 e. The minimum absolute atomic E-state index is 0.00250. The SMILES string of the molecule is CCOC(=O)C=C(c1coc(CP(=O)(OCC)OCC)c1)P(=O)(OCC)OCC. The van der Waals surface area contributed by atoms with E-state index >= 15 is 0 Å². The van der Waals surface area contributed by atoms with Crippen LogP contribution in [0.2, 0.25) is 0 Å². The molecule has 0 unspecified atom stereocenters. The summed E-state index contributed by atoms with van der Waals surface area (Å²) in [7, 11) is -7.22. The van der Waals surface area contributed by atoms with E-state index in [2.05, 4.69) is 0 Å². The number of carbonyl (C=O) groups is 1. The van der Waals surface area contributed by atoms with Gasteiger partial charge in [0.05, 0.1) is 44.6 Å². The van der Waals surface area contributed by atoms with Crippen molar-refractivity contribution in [2.75, 3.05) is 33.0 Å². The van der Waals surface area contributed by atoms with Gasteiger partial charge in [0.15, 0.2) is 0 Å². The molecule has 0 saturated carbocycles. The Morgan fingerprint density at radius 1 is 0.931 bits per heavy atom. The van der Waals surface area contributed by atoms with Crippen molar-refractivity contribution in [1.82, 2.24) is 0 Å². The van der Waals surface area contributed by atoms with E-state index in [1.807, 2.05) is 0 Å². The third-order valence-electron chi connectivity index (χ3n) is 3.38. The highest BCUT2D eigenvalue weighted by Crippen LogP contribution is 2.61. The van der Waals surface area contributed by atoms with Crippen LogP contribution in [-0.2, 0) is 42.9 Å². The van der Waals surface area contributed by atoms with Gasteiger partial charge in [-0.25, -0.2) is 4.79 Å². The molecule has 0 amide bonds. The molecule has 0 fully saturated rings. The Morgan fingerprint density at radius 2 is 1.48 bits per heavy atom. The first kappa shape index (κ1) is 25.8. The Morgan fingerprint density at radius 3 is 1.97 bits per heavy atom. The summed E-state index contributed by atoms with van der Waals surface area (Å²) in [6, 6.07) is 1.50. The summed E-state index contributed by atoms with van der Waals surface area (Å²) in [5.74, 6) is -0.418. The zero-order valence-corrected chi connectivity index (χ0v) is 19.3. The van der Waals surface area contributed by atoms with E-state index in [9.17, 15) is 13.9 Å². The molecule has 1 rings (SSSR count). The average Bonchev–Trinajstić information content (AvgIpc) is 3.08. The Kier molecular flexibility index (Phi) is 11.1. The highest BCUT2D eigenvalue weighted by molar-refractivity contribution is 7.65. The van der Waals surface area contributed by atoms with Gasteiger partial charge in [0, 0.05) is 11.6 Å². The number of ether oxygens (including phenoxy) is 1. The maximum atomic E-state index is 13.3. The molecule has 0 aliphatic carbocycles. The third-order valence-corrected chi connectivity index (χ3v) is 7.56. The van der Waals surface area contributed by atoms with Gasteiger partial charge in [-0.15, -0.1) is 0 Å². The first-order valence-electron chi connectivity index (χ1n) is 9.51. The van der Waals surface area contributed by atoms with Crippen LogP contribution in [0.5, 0.6) is 0 Å². The summed E-state index contributed by atoms with van der Waals surface area (Å²) < 4.78 is 57.7. The summed E-state index contributed by atoms with van der Waals surface area (Å²) in [4.78, 5) is 12.0. The number of esters is 1. The van der Waals surface area contributed by atoms with Crippen LogP contribution in [0.4, 0.5) is 0 Å². The molecule has 11 heteroatoms. The van der Waals surface area contributed by atoms with Crippen LogP contribution in [0, 0.1) is 0 Å². The van der Waals surface area contributed by atoms with E-state index in [-0.39, 0.29) is 55.8 Å². The molecule has 0 saturated heterocycles. The van der Waals surface area contributed by atoms with Gasteiger partial charge in [-0.1, -0.05) is 0 Å². The molecule has 0 atom stereocenters. The van der Waals surface area contributed by atoms with Crippen LogP contribution in [-0.4, -0.2) is 39.0 Å². The van der Waals surface area contributed by atoms with Crippen molar-refractivity contribution in [2.24, 2.45) is 0 Å². The molecule has 0 N–H and O–H groups in total. The van der Waals surface area contributed by atoms with Crippen LogP contribution >= 0.6 is 15.2 Å². The summed E-state index contributed by atoms with van der Waals surface area (Å²) in [5, 5.41) is -0.00250. The van der Waals surface area contributed by atoms with Crippen molar-refractivity contribution >= 4 is 26.5 Å². The topological polar surface area (TPSA) is 110 Å². The zero-order chi connectivity index (χ0) is 21.9. The lowest BCUT2D eigenvalue weighted by Crippen LogP contribution is -2.04. The van der Waals surface area contributed by atoms with E-state index in [1.165, 1.54) is 12.3 Å². The van der Waals surface area contributed by atoms with Crippen LogP contribution in [0.3, 0.4) is 0 Å². The molecule has 9 nitrogen and oxygen atoms in total. The quantitative estimate of drug-likeness (QED) is 0.213. The smallest absolute Gasteiger partial charge is 0.362 e. The molecule has 1 aromatic rings. The monoisotopic (exact) mass is 452 g/mol. The molecule has 0 aliphatic heterocycles. The second-order valence-corrected chi connectivity index (χ2v) is 9.57. The summed E-state index contributed by atoms with van der Waals surface area (Å²) in [5.41, 5.74) is 0.290. The lowest BCUT2D eigenvalue weighted by atomic mass is 10.3. The molecule has 1 heterocycles. The standard InChI is InChI=1S/C18H30O9P2/c1-6-22-18(19)12-17(29(21,26-9-4)27-10-5)15-11-16(23-13-15)14-28(20,24-7-2)25-8-3/h11-13H,6-10,14H2,1-5H3. The predicted molar refractivity (Wildman–Crippen MR) is 109 cm³/mol. The van der Waals surface area contributed by atoms with Gasteiger partial charge in [0.1, 0.15) is 11.9 Å². The first-order valence-corrected chi connectivity index (χ1v) is 12.8. The highest BCUT2D eigenvalue weighted by Gasteiger charge is 2.34. The van der Waals surface area contributed by atoms with Crippen LogP contribution < -0.4 is 0 Å².